The van der Waals surface area contributed by atoms with E-state index in [2.05, 4.69) is 16.0 Å². The van der Waals surface area contributed by atoms with E-state index < -0.39 is 4.92 Å². The van der Waals surface area contributed by atoms with Gasteiger partial charge in [0.05, 0.1) is 21.5 Å². The Morgan fingerprint density at radius 3 is 2.82 bits per heavy atom. The van der Waals surface area contributed by atoms with Gasteiger partial charge in [0.1, 0.15) is 11.9 Å². The Kier molecular flexibility index (Phi) is 3.38. The van der Waals surface area contributed by atoms with Crippen LogP contribution < -0.4 is 0 Å². The molecule has 1 N–H and O–H groups in total. The summed E-state index contributed by atoms with van der Waals surface area (Å²) in [5.41, 5.74) is 2.47. The molecule has 0 unspecified atom stereocenters. The molecule has 0 radical (unpaired) electrons. The highest BCUT2D eigenvalue weighted by Gasteiger charge is 2.09. The van der Waals surface area contributed by atoms with Crippen molar-refractivity contribution in [2.45, 2.75) is 0 Å². The van der Waals surface area contributed by atoms with Crippen molar-refractivity contribution in [1.29, 1.82) is 5.26 Å². The highest BCUT2D eigenvalue weighted by Crippen LogP contribution is 2.21. The lowest BCUT2D eigenvalue weighted by molar-refractivity contribution is -0.384. The molecule has 3 aromatic rings. The van der Waals surface area contributed by atoms with Crippen LogP contribution in [0.5, 0.6) is 0 Å². The lowest BCUT2D eigenvalue weighted by Crippen LogP contribution is -1.89. The molecule has 0 saturated carbocycles. The number of nitriles is 1. The first kappa shape index (κ1) is 13.5. The van der Waals surface area contributed by atoms with Gasteiger partial charge >= 0.3 is 0 Å². The summed E-state index contributed by atoms with van der Waals surface area (Å²) in [7, 11) is 0. The molecule has 3 rings (SSSR count). The number of rotatable bonds is 3. The molecular weight excluding hydrogens is 280 g/mol. The van der Waals surface area contributed by atoms with Crippen LogP contribution in [0.4, 0.5) is 5.69 Å². The molecular formula is C16H10N4O2. The van der Waals surface area contributed by atoms with E-state index >= 15 is 0 Å². The summed E-state index contributed by atoms with van der Waals surface area (Å²) in [5, 5.41) is 20.1. The van der Waals surface area contributed by atoms with Crippen LogP contribution in [0.3, 0.4) is 0 Å². The third-order valence-corrected chi connectivity index (χ3v) is 3.16. The van der Waals surface area contributed by atoms with Crippen LogP contribution >= 0.6 is 0 Å². The number of hydrogen-bond donors (Lipinski definition) is 1. The zero-order valence-electron chi connectivity index (χ0n) is 11.4. The normalized spacial score (nSPS) is 11.3. The molecule has 6 nitrogen and oxygen atoms in total. The number of benzene rings is 2. The number of nitro groups is 1. The number of imidazole rings is 1. The molecule has 0 aliphatic heterocycles. The number of hydrogen-bond acceptors (Lipinski definition) is 4. The maximum absolute atomic E-state index is 10.8. The quantitative estimate of drug-likeness (QED) is 0.453. The Bertz CT molecular complexity index is 901. The van der Waals surface area contributed by atoms with Gasteiger partial charge in [-0.1, -0.05) is 24.3 Å². The third-order valence-electron chi connectivity index (χ3n) is 3.16. The second-order valence-electron chi connectivity index (χ2n) is 4.62. The van der Waals surface area contributed by atoms with Gasteiger partial charge in [0.15, 0.2) is 0 Å². The number of para-hydroxylation sites is 2. The molecule has 0 bridgehead atoms. The highest BCUT2D eigenvalue weighted by molar-refractivity contribution is 5.90. The molecule has 2 aromatic carbocycles. The van der Waals surface area contributed by atoms with E-state index in [0.29, 0.717) is 17.0 Å². The molecule has 0 aliphatic rings. The van der Waals surface area contributed by atoms with Crippen molar-refractivity contribution in [2.24, 2.45) is 0 Å². The van der Waals surface area contributed by atoms with Crippen LogP contribution in [0.15, 0.2) is 48.5 Å². The molecule has 1 aromatic heterocycles. The first-order chi connectivity index (χ1) is 10.7. The highest BCUT2D eigenvalue weighted by atomic mass is 16.6. The van der Waals surface area contributed by atoms with E-state index in [1.54, 1.807) is 18.2 Å². The third kappa shape index (κ3) is 2.55. The summed E-state index contributed by atoms with van der Waals surface area (Å²) in [5.74, 6) is 0.440. The van der Waals surface area contributed by atoms with Crippen molar-refractivity contribution in [2.75, 3.05) is 0 Å². The average molecular weight is 290 g/mol. The largest absolute Gasteiger partial charge is 0.337 e. The Morgan fingerprint density at radius 1 is 1.27 bits per heavy atom. The second-order valence-corrected chi connectivity index (χ2v) is 4.62. The Labute approximate surface area is 125 Å². The predicted molar refractivity (Wildman–Crippen MR) is 82.7 cm³/mol. The fourth-order valence-corrected chi connectivity index (χ4v) is 2.13. The van der Waals surface area contributed by atoms with Crippen molar-refractivity contribution >= 4 is 28.4 Å². The van der Waals surface area contributed by atoms with Gasteiger partial charge in [-0.3, -0.25) is 10.1 Å². The van der Waals surface area contributed by atoms with E-state index in [1.165, 1.54) is 12.1 Å². The summed E-state index contributed by atoms with van der Waals surface area (Å²) in [4.78, 5) is 17.8. The average Bonchev–Trinajstić information content (AvgIpc) is 2.96. The summed E-state index contributed by atoms with van der Waals surface area (Å²) in [6.45, 7) is 0. The Balaban J connectivity index is 2.05. The molecule has 0 atom stereocenters. The lowest BCUT2D eigenvalue weighted by atomic mass is 10.1. The second kappa shape index (κ2) is 5.50. The van der Waals surface area contributed by atoms with Gasteiger partial charge < -0.3 is 4.98 Å². The first-order valence-electron chi connectivity index (χ1n) is 6.49. The van der Waals surface area contributed by atoms with E-state index in [9.17, 15) is 15.4 Å². The van der Waals surface area contributed by atoms with E-state index in [-0.39, 0.29) is 5.69 Å². The molecule has 0 saturated heterocycles. The molecule has 22 heavy (non-hydrogen) atoms. The maximum Gasteiger partial charge on any atom is 0.270 e. The minimum atomic E-state index is -0.468. The first-order valence-corrected chi connectivity index (χ1v) is 6.49. The zero-order valence-corrected chi connectivity index (χ0v) is 11.4. The minimum absolute atomic E-state index is 0.0179. The van der Waals surface area contributed by atoms with Gasteiger partial charge in [-0.2, -0.15) is 5.26 Å². The molecule has 0 fully saturated rings. The van der Waals surface area contributed by atoms with Gasteiger partial charge in [0.2, 0.25) is 0 Å². The van der Waals surface area contributed by atoms with Gasteiger partial charge in [-0.15, -0.1) is 0 Å². The van der Waals surface area contributed by atoms with Crippen LogP contribution in [0.2, 0.25) is 0 Å². The van der Waals surface area contributed by atoms with Crippen LogP contribution in [0.25, 0.3) is 22.7 Å². The number of non-ortho nitro benzene ring substituents is 1. The summed E-state index contributed by atoms with van der Waals surface area (Å²) >= 11 is 0. The number of fused-ring (bicyclic) bond motifs is 1. The van der Waals surface area contributed by atoms with E-state index in [4.69, 9.17) is 0 Å². The number of nitrogens with zero attached hydrogens (tertiary/aromatic N) is 3. The van der Waals surface area contributed by atoms with Gasteiger partial charge in [-0.05, 0) is 23.8 Å². The molecule has 0 aliphatic carbocycles. The summed E-state index contributed by atoms with van der Waals surface area (Å²) in [6.07, 6.45) is 1.57. The molecule has 106 valence electrons. The van der Waals surface area contributed by atoms with Crippen molar-refractivity contribution in [1.82, 2.24) is 9.97 Å². The van der Waals surface area contributed by atoms with E-state index in [0.717, 1.165) is 11.0 Å². The fourth-order valence-electron chi connectivity index (χ4n) is 2.13. The molecule has 1 heterocycles. The molecule has 6 heteroatoms. The standard InChI is InChI=1S/C16H10N4O2/c17-10-12(8-11-4-3-5-13(9-11)20(21)22)16-18-14-6-1-2-7-15(14)19-16/h1-9H,(H,18,19)/b12-8-. The number of nitrogens with one attached hydrogen (secondary N) is 1. The minimum Gasteiger partial charge on any atom is -0.337 e. The fraction of sp³-hybridized carbons (Fsp3) is 0. The van der Waals surface area contributed by atoms with Crippen LogP contribution in [-0.2, 0) is 0 Å². The van der Waals surface area contributed by atoms with Crippen molar-refractivity contribution in [3.8, 4) is 6.07 Å². The smallest absolute Gasteiger partial charge is 0.270 e. The zero-order chi connectivity index (χ0) is 15.5. The van der Waals surface area contributed by atoms with Crippen molar-refractivity contribution in [3.05, 3.63) is 70.0 Å². The summed E-state index contributed by atoms with van der Waals surface area (Å²) in [6, 6.07) is 15.6. The number of aromatic nitrogens is 2. The van der Waals surface area contributed by atoms with E-state index in [1.807, 2.05) is 24.3 Å². The van der Waals surface area contributed by atoms with Crippen LogP contribution in [-0.4, -0.2) is 14.9 Å². The summed E-state index contributed by atoms with van der Waals surface area (Å²) < 4.78 is 0. The Hall–Kier alpha value is -3.46. The maximum atomic E-state index is 10.8. The predicted octanol–water partition coefficient (Wildman–Crippen LogP) is 3.54. The number of H-pyrrole nitrogens is 1. The number of nitro benzene ring substituents is 1. The molecule has 0 amide bonds. The van der Waals surface area contributed by atoms with Crippen molar-refractivity contribution < 1.29 is 4.92 Å². The monoisotopic (exact) mass is 290 g/mol. The topological polar surface area (TPSA) is 95.6 Å². The number of allylic oxidation sites excluding steroid dienone is 1. The van der Waals surface area contributed by atoms with Crippen LogP contribution in [0, 0.1) is 21.4 Å². The van der Waals surface area contributed by atoms with Crippen LogP contribution in [0.1, 0.15) is 11.4 Å². The Morgan fingerprint density at radius 2 is 2.09 bits per heavy atom. The van der Waals surface area contributed by atoms with Gasteiger partial charge in [0.25, 0.3) is 5.69 Å². The van der Waals surface area contributed by atoms with Gasteiger partial charge in [-0.25, -0.2) is 4.98 Å². The number of aromatic amines is 1. The van der Waals surface area contributed by atoms with Crippen molar-refractivity contribution in [3.63, 3.8) is 0 Å². The SMILES string of the molecule is N#C/C(=C/c1cccc([N+](=O)[O-])c1)c1nc2ccccc2[nH]1. The van der Waals surface area contributed by atoms with Gasteiger partial charge in [0, 0.05) is 12.1 Å². The molecule has 0 spiro atoms. The lowest BCUT2D eigenvalue weighted by Gasteiger charge is -1.96.